The zero-order valence-corrected chi connectivity index (χ0v) is 8.86. The molecule has 0 saturated carbocycles. The van der Waals surface area contributed by atoms with Crippen molar-refractivity contribution < 1.29 is 0 Å². The lowest BCUT2D eigenvalue weighted by molar-refractivity contribution is 0.309. The topological polar surface area (TPSA) is 12.0 Å². The van der Waals surface area contributed by atoms with Gasteiger partial charge in [-0.3, -0.25) is 0 Å². The highest BCUT2D eigenvalue weighted by Gasteiger charge is 2.14. The molecule has 0 heterocycles. The first-order valence-electron chi connectivity index (χ1n) is 4.57. The molecule has 0 aliphatic heterocycles. The second kappa shape index (κ2) is 4.10. The van der Waals surface area contributed by atoms with Gasteiger partial charge in [0.2, 0.25) is 0 Å². The van der Waals surface area contributed by atoms with Crippen LogP contribution in [0.5, 0.6) is 0 Å². The SMILES string of the molecule is CC(C)NC(C)CC(C)(C)C. The number of hydrogen-bond donors (Lipinski definition) is 1. The summed E-state index contributed by atoms with van der Waals surface area (Å²) in [4.78, 5) is 0. The molecule has 1 atom stereocenters. The largest absolute Gasteiger partial charge is 0.312 e. The van der Waals surface area contributed by atoms with Crippen LogP contribution in [0.25, 0.3) is 0 Å². The Balaban J connectivity index is 3.61. The summed E-state index contributed by atoms with van der Waals surface area (Å²) < 4.78 is 0. The Morgan fingerprint density at radius 3 is 1.82 bits per heavy atom. The van der Waals surface area contributed by atoms with Crippen molar-refractivity contribution in [3.8, 4) is 0 Å². The molecule has 0 aromatic heterocycles. The van der Waals surface area contributed by atoms with E-state index < -0.39 is 0 Å². The smallest absolute Gasteiger partial charge is 0.00460 e. The lowest BCUT2D eigenvalue weighted by Gasteiger charge is -2.25. The zero-order chi connectivity index (χ0) is 9.07. The summed E-state index contributed by atoms with van der Waals surface area (Å²) >= 11 is 0. The van der Waals surface area contributed by atoms with Crippen LogP contribution in [0.4, 0.5) is 0 Å². The Morgan fingerprint density at radius 2 is 1.55 bits per heavy atom. The predicted molar refractivity (Wildman–Crippen MR) is 51.8 cm³/mol. The minimum absolute atomic E-state index is 0.446. The molecule has 0 aliphatic carbocycles. The molecular weight excluding hydrogens is 134 g/mol. The van der Waals surface area contributed by atoms with Gasteiger partial charge in [-0.2, -0.15) is 0 Å². The maximum absolute atomic E-state index is 3.50. The average Bonchev–Trinajstić information content (AvgIpc) is 1.53. The van der Waals surface area contributed by atoms with Crippen molar-refractivity contribution in [2.24, 2.45) is 5.41 Å². The van der Waals surface area contributed by atoms with Crippen LogP contribution in [-0.4, -0.2) is 12.1 Å². The van der Waals surface area contributed by atoms with Crippen molar-refractivity contribution in [2.45, 2.75) is 60.0 Å². The first-order chi connectivity index (χ1) is 4.81. The minimum atomic E-state index is 0.446. The van der Waals surface area contributed by atoms with Crippen molar-refractivity contribution in [2.75, 3.05) is 0 Å². The lowest BCUT2D eigenvalue weighted by Crippen LogP contribution is -2.35. The van der Waals surface area contributed by atoms with Gasteiger partial charge in [0, 0.05) is 12.1 Å². The van der Waals surface area contributed by atoms with E-state index in [1.54, 1.807) is 0 Å². The molecule has 0 radical (unpaired) electrons. The third-order valence-electron chi connectivity index (χ3n) is 1.54. The Labute approximate surface area is 71.6 Å². The first kappa shape index (κ1) is 11.0. The van der Waals surface area contributed by atoms with Crippen LogP contribution in [0, 0.1) is 5.41 Å². The maximum atomic E-state index is 3.50. The van der Waals surface area contributed by atoms with Crippen molar-refractivity contribution in [3.05, 3.63) is 0 Å². The summed E-state index contributed by atoms with van der Waals surface area (Å²) in [7, 11) is 0. The molecule has 0 aromatic rings. The molecule has 11 heavy (non-hydrogen) atoms. The molecule has 0 aromatic carbocycles. The highest BCUT2D eigenvalue weighted by atomic mass is 14.9. The van der Waals surface area contributed by atoms with E-state index in [1.807, 2.05) is 0 Å². The summed E-state index contributed by atoms with van der Waals surface area (Å²) in [6.45, 7) is 13.5. The zero-order valence-electron chi connectivity index (χ0n) is 8.86. The standard InChI is InChI=1S/C10H23N/c1-8(2)11-9(3)7-10(4,5)6/h8-9,11H,7H2,1-6H3. The normalized spacial score (nSPS) is 15.5. The predicted octanol–water partition coefficient (Wildman–Crippen LogP) is 2.81. The van der Waals surface area contributed by atoms with Crippen LogP contribution < -0.4 is 5.32 Å². The van der Waals surface area contributed by atoms with Gasteiger partial charge in [-0.1, -0.05) is 34.6 Å². The molecule has 0 aliphatic rings. The van der Waals surface area contributed by atoms with Gasteiger partial charge in [-0.05, 0) is 18.8 Å². The van der Waals surface area contributed by atoms with E-state index in [4.69, 9.17) is 0 Å². The maximum Gasteiger partial charge on any atom is 0.00460 e. The summed E-state index contributed by atoms with van der Waals surface area (Å²) in [5.74, 6) is 0. The van der Waals surface area contributed by atoms with E-state index in [1.165, 1.54) is 6.42 Å². The fraction of sp³-hybridized carbons (Fsp3) is 1.00. The second-order valence-electron chi connectivity index (χ2n) is 4.99. The summed E-state index contributed by atoms with van der Waals surface area (Å²) in [6, 6.07) is 1.24. The monoisotopic (exact) mass is 157 g/mol. The molecule has 1 unspecified atom stereocenters. The van der Waals surface area contributed by atoms with E-state index in [0.717, 1.165) is 0 Å². The van der Waals surface area contributed by atoms with Gasteiger partial charge in [0.25, 0.3) is 0 Å². The molecule has 0 rings (SSSR count). The van der Waals surface area contributed by atoms with E-state index in [-0.39, 0.29) is 0 Å². The summed E-state index contributed by atoms with van der Waals surface area (Å²) in [5.41, 5.74) is 0.446. The molecule has 0 amide bonds. The molecule has 0 bridgehead atoms. The number of rotatable bonds is 3. The first-order valence-corrected chi connectivity index (χ1v) is 4.57. The van der Waals surface area contributed by atoms with Gasteiger partial charge in [0.05, 0.1) is 0 Å². The van der Waals surface area contributed by atoms with E-state index in [2.05, 4.69) is 46.9 Å². The molecule has 68 valence electrons. The summed E-state index contributed by atoms with van der Waals surface area (Å²) in [6.07, 6.45) is 1.24. The second-order valence-corrected chi connectivity index (χ2v) is 4.99. The molecule has 1 heteroatoms. The number of nitrogens with one attached hydrogen (secondary N) is 1. The van der Waals surface area contributed by atoms with Gasteiger partial charge in [-0.15, -0.1) is 0 Å². The van der Waals surface area contributed by atoms with Gasteiger partial charge >= 0.3 is 0 Å². The quantitative estimate of drug-likeness (QED) is 0.664. The molecule has 0 saturated heterocycles. The fourth-order valence-corrected chi connectivity index (χ4v) is 1.55. The lowest BCUT2D eigenvalue weighted by atomic mass is 9.88. The Kier molecular flexibility index (Phi) is 4.09. The molecule has 0 spiro atoms. The molecular formula is C10H23N. The van der Waals surface area contributed by atoms with Crippen LogP contribution in [-0.2, 0) is 0 Å². The van der Waals surface area contributed by atoms with Crippen LogP contribution in [0.3, 0.4) is 0 Å². The van der Waals surface area contributed by atoms with Crippen LogP contribution in [0.2, 0.25) is 0 Å². The Bertz CT molecular complexity index is 99.9. The van der Waals surface area contributed by atoms with Gasteiger partial charge < -0.3 is 5.32 Å². The van der Waals surface area contributed by atoms with Crippen molar-refractivity contribution in [1.82, 2.24) is 5.32 Å². The average molecular weight is 157 g/mol. The third-order valence-corrected chi connectivity index (χ3v) is 1.54. The van der Waals surface area contributed by atoms with Crippen LogP contribution in [0.15, 0.2) is 0 Å². The minimum Gasteiger partial charge on any atom is -0.312 e. The number of hydrogen-bond acceptors (Lipinski definition) is 1. The van der Waals surface area contributed by atoms with Crippen molar-refractivity contribution in [3.63, 3.8) is 0 Å². The molecule has 1 nitrogen and oxygen atoms in total. The van der Waals surface area contributed by atoms with E-state index in [0.29, 0.717) is 17.5 Å². The van der Waals surface area contributed by atoms with Crippen LogP contribution in [0.1, 0.15) is 48.0 Å². The van der Waals surface area contributed by atoms with Gasteiger partial charge in [0.15, 0.2) is 0 Å². The van der Waals surface area contributed by atoms with Crippen molar-refractivity contribution >= 4 is 0 Å². The highest BCUT2D eigenvalue weighted by molar-refractivity contribution is 4.71. The van der Waals surface area contributed by atoms with E-state index >= 15 is 0 Å². The molecule has 1 N–H and O–H groups in total. The van der Waals surface area contributed by atoms with Gasteiger partial charge in [-0.25, -0.2) is 0 Å². The van der Waals surface area contributed by atoms with Crippen LogP contribution >= 0.6 is 0 Å². The summed E-state index contributed by atoms with van der Waals surface area (Å²) in [5, 5.41) is 3.50. The Morgan fingerprint density at radius 1 is 1.09 bits per heavy atom. The fourth-order valence-electron chi connectivity index (χ4n) is 1.55. The Hall–Kier alpha value is -0.0400. The third kappa shape index (κ3) is 7.86. The van der Waals surface area contributed by atoms with Gasteiger partial charge in [0.1, 0.15) is 0 Å². The molecule has 0 fully saturated rings. The highest BCUT2D eigenvalue weighted by Crippen LogP contribution is 2.20. The van der Waals surface area contributed by atoms with Crippen molar-refractivity contribution in [1.29, 1.82) is 0 Å². The van der Waals surface area contributed by atoms with E-state index in [9.17, 15) is 0 Å².